The second-order valence-corrected chi connectivity index (χ2v) is 7.06. The van der Waals surface area contributed by atoms with E-state index in [1.54, 1.807) is 25.3 Å². The first kappa shape index (κ1) is 18.2. The van der Waals surface area contributed by atoms with E-state index in [1.807, 2.05) is 12.1 Å². The van der Waals surface area contributed by atoms with Gasteiger partial charge in [-0.3, -0.25) is 9.78 Å². The lowest BCUT2D eigenvalue weighted by Gasteiger charge is -2.33. The molecule has 4 rings (SSSR count). The number of nitrogens with zero attached hydrogens (tertiary/aromatic N) is 1. The van der Waals surface area contributed by atoms with Crippen molar-refractivity contribution < 1.29 is 13.9 Å². The fourth-order valence-electron chi connectivity index (χ4n) is 3.61. The standard InChI is InChI=1S/C21H23N3O4/c1-27-17-5-3-16(4-6-17)24-10-8-14(9-11-24)13-22-20(25)15-2-7-18-19(12-15)28-21(26)23-18/h2-7,12,14H,8-11,13H2,1H3,(H,22,25)(H,23,26). The lowest BCUT2D eigenvalue weighted by Crippen LogP contribution is -2.38. The van der Waals surface area contributed by atoms with E-state index in [0.717, 1.165) is 31.7 Å². The van der Waals surface area contributed by atoms with Gasteiger partial charge in [-0.1, -0.05) is 0 Å². The summed E-state index contributed by atoms with van der Waals surface area (Å²) in [4.78, 5) is 28.6. The number of hydrogen-bond donors (Lipinski definition) is 2. The van der Waals surface area contributed by atoms with Gasteiger partial charge in [0.15, 0.2) is 5.58 Å². The number of oxazole rings is 1. The van der Waals surface area contributed by atoms with Crippen molar-refractivity contribution in [1.82, 2.24) is 10.3 Å². The number of H-pyrrole nitrogens is 1. The molecule has 0 atom stereocenters. The van der Waals surface area contributed by atoms with Crippen molar-refractivity contribution in [3.05, 3.63) is 58.6 Å². The zero-order chi connectivity index (χ0) is 19.5. The van der Waals surface area contributed by atoms with Gasteiger partial charge in [0, 0.05) is 30.9 Å². The summed E-state index contributed by atoms with van der Waals surface area (Å²) in [5.41, 5.74) is 2.67. The number of amides is 1. The quantitative estimate of drug-likeness (QED) is 0.710. The molecule has 0 radical (unpaired) electrons. The Balaban J connectivity index is 1.29. The van der Waals surface area contributed by atoms with Crippen molar-refractivity contribution in [2.24, 2.45) is 5.92 Å². The number of benzene rings is 2. The van der Waals surface area contributed by atoms with Gasteiger partial charge in [-0.05, 0) is 61.2 Å². The number of aromatic amines is 1. The molecule has 3 aromatic rings. The van der Waals surface area contributed by atoms with Crippen LogP contribution in [0.25, 0.3) is 11.1 Å². The summed E-state index contributed by atoms with van der Waals surface area (Å²) in [7, 11) is 1.67. The van der Waals surface area contributed by atoms with Crippen LogP contribution >= 0.6 is 0 Å². The van der Waals surface area contributed by atoms with Crippen molar-refractivity contribution in [3.8, 4) is 5.75 Å². The van der Waals surface area contributed by atoms with Crippen molar-refractivity contribution >= 4 is 22.7 Å². The number of carbonyl (C=O) groups excluding carboxylic acids is 1. The van der Waals surface area contributed by atoms with E-state index >= 15 is 0 Å². The number of nitrogens with one attached hydrogen (secondary N) is 2. The largest absolute Gasteiger partial charge is 0.497 e. The number of carbonyl (C=O) groups is 1. The number of piperidine rings is 1. The molecule has 7 heteroatoms. The summed E-state index contributed by atoms with van der Waals surface area (Å²) >= 11 is 0. The first-order chi connectivity index (χ1) is 13.6. The van der Waals surface area contributed by atoms with Gasteiger partial charge < -0.3 is 19.4 Å². The lowest BCUT2D eigenvalue weighted by molar-refractivity contribution is 0.0945. The van der Waals surface area contributed by atoms with E-state index in [0.29, 0.717) is 29.1 Å². The van der Waals surface area contributed by atoms with Crippen LogP contribution in [0.5, 0.6) is 5.75 Å². The predicted octanol–water partition coefficient (Wildman–Crippen LogP) is 2.78. The molecule has 1 amide bonds. The van der Waals surface area contributed by atoms with Crippen LogP contribution in [0.2, 0.25) is 0 Å². The van der Waals surface area contributed by atoms with Gasteiger partial charge in [-0.25, -0.2) is 4.79 Å². The maximum Gasteiger partial charge on any atom is 0.417 e. The molecule has 28 heavy (non-hydrogen) atoms. The fourth-order valence-corrected chi connectivity index (χ4v) is 3.61. The number of aromatic nitrogens is 1. The molecule has 1 aliphatic rings. The molecule has 0 bridgehead atoms. The first-order valence-corrected chi connectivity index (χ1v) is 9.42. The van der Waals surface area contributed by atoms with Crippen LogP contribution in [0.3, 0.4) is 0 Å². The third-order valence-corrected chi connectivity index (χ3v) is 5.29. The van der Waals surface area contributed by atoms with Crippen LogP contribution in [0.15, 0.2) is 51.7 Å². The molecule has 0 spiro atoms. The summed E-state index contributed by atoms with van der Waals surface area (Å²) in [6.45, 7) is 2.57. The Kier molecular flexibility index (Phi) is 5.06. The minimum Gasteiger partial charge on any atom is -0.497 e. The molecule has 146 valence electrons. The van der Waals surface area contributed by atoms with Crippen LogP contribution in [0, 0.1) is 5.92 Å². The first-order valence-electron chi connectivity index (χ1n) is 9.42. The number of anilines is 1. The summed E-state index contributed by atoms with van der Waals surface area (Å²) in [6, 6.07) is 13.1. The van der Waals surface area contributed by atoms with Gasteiger partial charge in [0.05, 0.1) is 12.6 Å². The smallest absolute Gasteiger partial charge is 0.417 e. The van der Waals surface area contributed by atoms with Crippen LogP contribution in [-0.4, -0.2) is 37.6 Å². The van der Waals surface area contributed by atoms with Crippen LogP contribution in [-0.2, 0) is 0 Å². The molecule has 0 saturated carbocycles. The molecule has 2 heterocycles. The maximum atomic E-state index is 12.4. The van der Waals surface area contributed by atoms with Crippen molar-refractivity contribution in [3.63, 3.8) is 0 Å². The van der Waals surface area contributed by atoms with Gasteiger partial charge >= 0.3 is 5.76 Å². The Morgan fingerprint density at radius 2 is 1.96 bits per heavy atom. The van der Waals surface area contributed by atoms with Gasteiger partial charge in [-0.15, -0.1) is 0 Å². The van der Waals surface area contributed by atoms with Gasteiger partial charge in [-0.2, -0.15) is 0 Å². The molecule has 7 nitrogen and oxygen atoms in total. The van der Waals surface area contributed by atoms with Crippen LogP contribution in [0.4, 0.5) is 5.69 Å². The number of ether oxygens (including phenoxy) is 1. The average Bonchev–Trinajstić information content (AvgIpc) is 3.11. The van der Waals surface area contributed by atoms with E-state index < -0.39 is 5.76 Å². The number of fused-ring (bicyclic) bond motifs is 1. The molecule has 2 aromatic carbocycles. The van der Waals surface area contributed by atoms with Crippen molar-refractivity contribution in [1.29, 1.82) is 0 Å². The molecule has 2 N–H and O–H groups in total. The monoisotopic (exact) mass is 381 g/mol. The molecular formula is C21H23N3O4. The highest BCUT2D eigenvalue weighted by Crippen LogP contribution is 2.25. The molecule has 0 aliphatic carbocycles. The number of rotatable bonds is 5. The predicted molar refractivity (Wildman–Crippen MR) is 107 cm³/mol. The Labute approximate surface area is 162 Å². The molecule has 1 saturated heterocycles. The number of methoxy groups -OCH3 is 1. The summed E-state index contributed by atoms with van der Waals surface area (Å²) < 4.78 is 10.2. The maximum absolute atomic E-state index is 12.4. The highest BCUT2D eigenvalue weighted by molar-refractivity contribution is 5.96. The van der Waals surface area contributed by atoms with Gasteiger partial charge in [0.2, 0.25) is 0 Å². The highest BCUT2D eigenvalue weighted by Gasteiger charge is 2.20. The summed E-state index contributed by atoms with van der Waals surface area (Å²) in [5.74, 6) is 0.644. The van der Waals surface area contributed by atoms with Gasteiger partial charge in [0.1, 0.15) is 5.75 Å². The molecule has 1 aliphatic heterocycles. The molecule has 1 fully saturated rings. The fraction of sp³-hybridized carbons (Fsp3) is 0.333. The summed E-state index contributed by atoms with van der Waals surface area (Å²) in [6.07, 6.45) is 2.05. The van der Waals surface area contributed by atoms with Crippen molar-refractivity contribution in [2.45, 2.75) is 12.8 Å². The average molecular weight is 381 g/mol. The lowest BCUT2D eigenvalue weighted by atomic mass is 9.96. The van der Waals surface area contributed by atoms with Gasteiger partial charge in [0.25, 0.3) is 5.91 Å². The third-order valence-electron chi connectivity index (χ3n) is 5.29. The third kappa shape index (κ3) is 3.88. The van der Waals surface area contributed by atoms with E-state index in [-0.39, 0.29) is 5.91 Å². The van der Waals surface area contributed by atoms with E-state index in [9.17, 15) is 9.59 Å². The number of hydrogen-bond acceptors (Lipinski definition) is 5. The van der Waals surface area contributed by atoms with E-state index in [2.05, 4.69) is 27.3 Å². The Morgan fingerprint density at radius 1 is 1.21 bits per heavy atom. The minimum absolute atomic E-state index is 0.150. The van der Waals surface area contributed by atoms with Crippen LogP contribution < -0.4 is 20.7 Å². The Morgan fingerprint density at radius 3 is 2.68 bits per heavy atom. The Hall–Kier alpha value is -3.22. The topological polar surface area (TPSA) is 87.6 Å². The van der Waals surface area contributed by atoms with E-state index in [1.165, 1.54) is 5.69 Å². The molecular weight excluding hydrogens is 358 g/mol. The Bertz CT molecular complexity index is 1010. The SMILES string of the molecule is COc1ccc(N2CCC(CNC(=O)c3ccc4[nH]c(=O)oc4c3)CC2)cc1. The zero-order valence-corrected chi connectivity index (χ0v) is 15.7. The van der Waals surface area contributed by atoms with Crippen LogP contribution in [0.1, 0.15) is 23.2 Å². The zero-order valence-electron chi connectivity index (χ0n) is 15.7. The normalized spacial score (nSPS) is 15.0. The van der Waals surface area contributed by atoms with E-state index in [4.69, 9.17) is 9.15 Å². The summed E-state index contributed by atoms with van der Waals surface area (Å²) in [5, 5.41) is 3.01. The van der Waals surface area contributed by atoms with Crippen molar-refractivity contribution in [2.75, 3.05) is 31.6 Å². The second-order valence-electron chi connectivity index (χ2n) is 7.06. The second kappa shape index (κ2) is 7.80. The highest BCUT2D eigenvalue weighted by atomic mass is 16.5. The minimum atomic E-state index is -0.517. The molecule has 0 unspecified atom stereocenters. The molecule has 1 aromatic heterocycles.